The van der Waals surface area contributed by atoms with Gasteiger partial charge in [-0.1, -0.05) is 74.7 Å². The van der Waals surface area contributed by atoms with E-state index >= 15 is 0 Å². The second kappa shape index (κ2) is 12.2. The average molecular weight is 460 g/mol. The zero-order chi connectivity index (χ0) is 23.8. The van der Waals surface area contributed by atoms with Crippen LogP contribution in [0.1, 0.15) is 80.4 Å². The predicted molar refractivity (Wildman–Crippen MR) is 134 cm³/mol. The molecule has 0 bridgehead atoms. The van der Waals surface area contributed by atoms with Gasteiger partial charge in [-0.15, -0.1) is 0 Å². The van der Waals surface area contributed by atoms with Crippen LogP contribution in [-0.4, -0.2) is 24.3 Å². The standard InChI is InChI=1S/C27H38ClNO3/c1-7-19(10-13-22-17(4)25(29-31)15-12-20(22)8-2)11-14-23-21(9-3)24(16-30)18(5)26(28)27(23)32-6/h10-11,13,16-17,20,22,31H,7-9,12,14-15H2,1-6H3/b13-10+,19-11+,29-25+/t17-,20-,22?/m1/s1. The Morgan fingerprint density at radius 1 is 1.28 bits per heavy atom. The molecule has 1 N–H and O–H groups in total. The molecule has 1 aliphatic rings. The van der Waals surface area contributed by atoms with Crippen LogP contribution in [-0.2, 0) is 12.8 Å². The van der Waals surface area contributed by atoms with Crippen molar-refractivity contribution in [1.29, 1.82) is 0 Å². The Hall–Kier alpha value is -2.07. The lowest BCUT2D eigenvalue weighted by molar-refractivity contribution is 0.112. The van der Waals surface area contributed by atoms with E-state index in [-0.39, 0.29) is 5.92 Å². The summed E-state index contributed by atoms with van der Waals surface area (Å²) >= 11 is 6.55. The van der Waals surface area contributed by atoms with Crippen molar-refractivity contribution in [3.05, 3.63) is 51.1 Å². The summed E-state index contributed by atoms with van der Waals surface area (Å²) in [7, 11) is 1.63. The smallest absolute Gasteiger partial charge is 0.150 e. The van der Waals surface area contributed by atoms with E-state index < -0.39 is 0 Å². The van der Waals surface area contributed by atoms with E-state index in [9.17, 15) is 10.0 Å². The van der Waals surface area contributed by atoms with Gasteiger partial charge in [0.25, 0.3) is 0 Å². The molecule has 1 unspecified atom stereocenters. The van der Waals surface area contributed by atoms with Gasteiger partial charge in [-0.25, -0.2) is 0 Å². The molecule has 0 aliphatic heterocycles. The third kappa shape index (κ3) is 5.46. The quantitative estimate of drug-likeness (QED) is 0.181. The average Bonchev–Trinajstić information content (AvgIpc) is 2.81. The largest absolute Gasteiger partial charge is 0.495 e. The fourth-order valence-corrected chi connectivity index (χ4v) is 5.36. The number of halogens is 1. The molecule has 1 aromatic rings. The molecule has 0 amide bonds. The number of carbonyl (C=O) groups is 1. The second-order valence-corrected chi connectivity index (χ2v) is 9.05. The SMILES string of the molecule is CCC(/C=C/C1[C@H](CC)CC/C(=N\O)[C@@H]1C)=C\Cc1c(CC)c(C=O)c(C)c(Cl)c1OC. The summed E-state index contributed by atoms with van der Waals surface area (Å²) in [5, 5.41) is 13.4. The Morgan fingerprint density at radius 2 is 2.00 bits per heavy atom. The Bertz CT molecular complexity index is 901. The first-order valence-electron chi connectivity index (χ1n) is 11.8. The maximum absolute atomic E-state index is 11.8. The second-order valence-electron chi connectivity index (χ2n) is 8.67. The maximum atomic E-state index is 11.8. The van der Waals surface area contributed by atoms with Gasteiger partial charge in [0, 0.05) is 17.0 Å². The summed E-state index contributed by atoms with van der Waals surface area (Å²) in [6, 6.07) is 0. The van der Waals surface area contributed by atoms with Crippen LogP contribution in [0.15, 0.2) is 29.0 Å². The summed E-state index contributed by atoms with van der Waals surface area (Å²) in [5.41, 5.74) is 5.57. The molecule has 4 nitrogen and oxygen atoms in total. The third-order valence-electron chi connectivity index (χ3n) is 7.15. The molecule has 1 saturated carbocycles. The van der Waals surface area contributed by atoms with Gasteiger partial charge in [0.15, 0.2) is 6.29 Å². The lowest BCUT2D eigenvalue weighted by Gasteiger charge is -2.34. The fraction of sp³-hybridized carbons (Fsp3) is 0.556. The number of aldehydes is 1. The lowest BCUT2D eigenvalue weighted by Crippen LogP contribution is -2.32. The van der Waals surface area contributed by atoms with Gasteiger partial charge in [-0.05, 0) is 62.0 Å². The predicted octanol–water partition coefficient (Wildman–Crippen LogP) is 7.37. The van der Waals surface area contributed by atoms with E-state index in [0.717, 1.165) is 60.8 Å². The molecule has 0 aromatic heterocycles. The van der Waals surface area contributed by atoms with Crippen molar-refractivity contribution < 1.29 is 14.7 Å². The van der Waals surface area contributed by atoms with Gasteiger partial charge in [-0.2, -0.15) is 0 Å². The number of hydrogen-bond acceptors (Lipinski definition) is 4. The van der Waals surface area contributed by atoms with Gasteiger partial charge >= 0.3 is 0 Å². The van der Waals surface area contributed by atoms with Crippen LogP contribution in [0.2, 0.25) is 5.02 Å². The van der Waals surface area contributed by atoms with Gasteiger partial charge in [0.2, 0.25) is 0 Å². The molecule has 1 aromatic carbocycles. The number of rotatable bonds is 9. The molecule has 2 rings (SSSR count). The van der Waals surface area contributed by atoms with E-state index in [0.29, 0.717) is 34.6 Å². The first kappa shape index (κ1) is 26.2. The highest BCUT2D eigenvalue weighted by Gasteiger charge is 2.32. The number of hydrogen-bond donors (Lipinski definition) is 1. The van der Waals surface area contributed by atoms with Crippen LogP contribution < -0.4 is 4.74 Å². The van der Waals surface area contributed by atoms with Crippen molar-refractivity contribution in [3.8, 4) is 5.75 Å². The Labute approximate surface area is 198 Å². The van der Waals surface area contributed by atoms with E-state index in [1.165, 1.54) is 5.57 Å². The van der Waals surface area contributed by atoms with E-state index in [1.807, 2.05) is 6.92 Å². The normalized spacial score (nSPS) is 23.2. The van der Waals surface area contributed by atoms with Crippen molar-refractivity contribution in [2.45, 2.75) is 73.1 Å². The van der Waals surface area contributed by atoms with Gasteiger partial charge < -0.3 is 9.94 Å². The van der Waals surface area contributed by atoms with Crippen LogP contribution >= 0.6 is 11.6 Å². The molecule has 0 radical (unpaired) electrons. The van der Waals surface area contributed by atoms with Gasteiger partial charge in [0.05, 0.1) is 17.8 Å². The number of ether oxygens (including phenoxy) is 1. The fourth-order valence-electron chi connectivity index (χ4n) is 5.06. The summed E-state index contributed by atoms with van der Waals surface area (Å²) < 4.78 is 5.65. The number of oxime groups is 1. The molecule has 0 heterocycles. The number of benzene rings is 1. The van der Waals surface area contributed by atoms with Crippen molar-refractivity contribution in [3.63, 3.8) is 0 Å². The van der Waals surface area contributed by atoms with Crippen LogP contribution in [0.3, 0.4) is 0 Å². The topological polar surface area (TPSA) is 58.9 Å². The number of methoxy groups -OCH3 is 1. The van der Waals surface area contributed by atoms with E-state index in [2.05, 4.69) is 51.1 Å². The number of carbonyl (C=O) groups excluding carboxylic acids is 1. The Balaban J connectivity index is 2.39. The minimum Gasteiger partial charge on any atom is -0.495 e. The molecule has 176 valence electrons. The monoisotopic (exact) mass is 459 g/mol. The highest BCUT2D eigenvalue weighted by molar-refractivity contribution is 6.33. The Morgan fingerprint density at radius 3 is 2.53 bits per heavy atom. The first-order chi connectivity index (χ1) is 15.4. The van der Waals surface area contributed by atoms with Crippen molar-refractivity contribution in [2.24, 2.45) is 22.9 Å². The molecule has 32 heavy (non-hydrogen) atoms. The zero-order valence-corrected chi connectivity index (χ0v) is 21.1. The van der Waals surface area contributed by atoms with Crippen LogP contribution in [0.4, 0.5) is 0 Å². The summed E-state index contributed by atoms with van der Waals surface area (Å²) in [4.78, 5) is 11.8. The third-order valence-corrected chi connectivity index (χ3v) is 7.61. The number of nitrogens with zero attached hydrogens (tertiary/aromatic N) is 1. The molecule has 1 aliphatic carbocycles. The summed E-state index contributed by atoms with van der Waals surface area (Å²) in [5.74, 6) is 1.87. The minimum absolute atomic E-state index is 0.242. The summed E-state index contributed by atoms with van der Waals surface area (Å²) in [6.07, 6.45) is 13.0. The van der Waals surface area contributed by atoms with Gasteiger partial charge in [0.1, 0.15) is 5.75 Å². The molecular formula is C27H38ClNO3. The molecule has 5 heteroatoms. The van der Waals surface area contributed by atoms with E-state index in [1.54, 1.807) is 7.11 Å². The van der Waals surface area contributed by atoms with Crippen molar-refractivity contribution >= 4 is 23.6 Å². The Kier molecular flexibility index (Phi) is 10.0. The van der Waals surface area contributed by atoms with Crippen LogP contribution in [0.25, 0.3) is 0 Å². The maximum Gasteiger partial charge on any atom is 0.150 e. The zero-order valence-electron chi connectivity index (χ0n) is 20.4. The first-order valence-corrected chi connectivity index (χ1v) is 12.2. The number of allylic oxidation sites excluding steroid dienone is 4. The van der Waals surface area contributed by atoms with Crippen LogP contribution in [0, 0.1) is 24.7 Å². The summed E-state index contributed by atoms with van der Waals surface area (Å²) in [6.45, 7) is 10.5. The molecule has 0 spiro atoms. The molecule has 0 saturated heterocycles. The highest BCUT2D eigenvalue weighted by Crippen LogP contribution is 2.39. The van der Waals surface area contributed by atoms with Crippen molar-refractivity contribution in [1.82, 2.24) is 0 Å². The molecular weight excluding hydrogens is 422 g/mol. The highest BCUT2D eigenvalue weighted by atomic mass is 35.5. The van der Waals surface area contributed by atoms with Crippen LogP contribution in [0.5, 0.6) is 5.75 Å². The molecule has 1 fully saturated rings. The lowest BCUT2D eigenvalue weighted by atomic mass is 9.70. The molecule has 3 atom stereocenters. The van der Waals surface area contributed by atoms with Crippen molar-refractivity contribution in [2.75, 3.05) is 7.11 Å². The van der Waals surface area contributed by atoms with Gasteiger partial charge in [-0.3, -0.25) is 4.79 Å². The minimum atomic E-state index is 0.242. The van der Waals surface area contributed by atoms with E-state index in [4.69, 9.17) is 16.3 Å².